The van der Waals surface area contributed by atoms with Gasteiger partial charge in [-0.1, -0.05) is 18.2 Å². The number of carbonyl (C=O) groups is 1. The van der Waals surface area contributed by atoms with E-state index in [-0.39, 0.29) is 5.91 Å². The largest absolute Gasteiger partial charge is 0.378 e. The molecule has 0 radical (unpaired) electrons. The molecule has 0 spiro atoms. The summed E-state index contributed by atoms with van der Waals surface area (Å²) in [6.07, 6.45) is 5.50. The van der Waals surface area contributed by atoms with Crippen molar-refractivity contribution in [3.8, 4) is 21.8 Å². The summed E-state index contributed by atoms with van der Waals surface area (Å²) in [4.78, 5) is 24.0. The topological polar surface area (TPSA) is 67.4 Å². The van der Waals surface area contributed by atoms with Crippen molar-refractivity contribution in [1.29, 1.82) is 0 Å². The number of nitrogens with zero attached hydrogens (tertiary/aromatic N) is 3. The molecule has 0 unspecified atom stereocenters. The van der Waals surface area contributed by atoms with Gasteiger partial charge in [-0.3, -0.25) is 9.78 Å². The number of rotatable bonds is 4. The molecule has 0 bridgehead atoms. The Hall–Kier alpha value is -3.81. The highest BCUT2D eigenvalue weighted by Gasteiger charge is 2.25. The van der Waals surface area contributed by atoms with Crippen molar-refractivity contribution >= 4 is 40.3 Å². The van der Waals surface area contributed by atoms with Gasteiger partial charge in [-0.05, 0) is 48.0 Å². The number of fused-ring (bicyclic) bond motifs is 1. The molecule has 34 heavy (non-hydrogen) atoms. The molecule has 1 N–H and O–H groups in total. The lowest BCUT2D eigenvalue weighted by Gasteiger charge is -2.28. The molecule has 4 heterocycles. The first-order valence-corrected chi connectivity index (χ1v) is 12.1. The molecule has 1 fully saturated rings. The summed E-state index contributed by atoms with van der Waals surface area (Å²) in [5, 5.41) is 5.98. The Balaban J connectivity index is 1.29. The highest BCUT2D eigenvalue weighted by molar-refractivity contribution is 7.13. The van der Waals surface area contributed by atoms with Crippen LogP contribution in [0.25, 0.3) is 33.5 Å². The molecule has 0 aliphatic carbocycles. The van der Waals surface area contributed by atoms with Gasteiger partial charge in [-0.25, -0.2) is 4.98 Å². The molecule has 2 aromatic heterocycles. The molecule has 168 valence electrons. The SMILES string of the molecule is O=C1Nc2ccc(-c3csc(-c4ccncc4)n3)cc2/C1=C/c1ccc(N2CCOCC2)cc1. The van der Waals surface area contributed by atoms with Crippen LogP contribution in [0.4, 0.5) is 11.4 Å². The predicted molar refractivity (Wildman–Crippen MR) is 137 cm³/mol. The van der Waals surface area contributed by atoms with Crippen molar-refractivity contribution < 1.29 is 9.53 Å². The third kappa shape index (κ3) is 4.00. The Bertz CT molecular complexity index is 1370. The Morgan fingerprint density at radius 1 is 0.971 bits per heavy atom. The van der Waals surface area contributed by atoms with E-state index in [0.29, 0.717) is 5.57 Å². The van der Waals surface area contributed by atoms with E-state index in [1.807, 2.05) is 36.4 Å². The first-order valence-electron chi connectivity index (χ1n) is 11.2. The number of ether oxygens (including phenoxy) is 1. The number of thiazole rings is 1. The van der Waals surface area contributed by atoms with Crippen molar-refractivity contribution in [2.45, 2.75) is 0 Å². The Kier molecular flexibility index (Phi) is 5.41. The van der Waals surface area contributed by atoms with Gasteiger partial charge in [0.05, 0.1) is 18.9 Å². The van der Waals surface area contributed by atoms with Gasteiger partial charge < -0.3 is 15.0 Å². The van der Waals surface area contributed by atoms with Crippen LogP contribution in [0.1, 0.15) is 11.1 Å². The van der Waals surface area contributed by atoms with Crippen LogP contribution in [0, 0.1) is 0 Å². The molecule has 6 rings (SSSR count). The standard InChI is InChI=1S/C27H22N4O2S/c32-26-23(15-18-1-4-21(5-2-18)31-11-13-33-14-12-31)22-16-20(3-6-24(22)29-26)25-17-34-27(30-25)19-7-9-28-10-8-19/h1-10,15-17H,11-14H2,(H,29,32)/b23-15-. The van der Waals surface area contributed by atoms with Crippen molar-refractivity contribution in [3.63, 3.8) is 0 Å². The number of amides is 1. The zero-order valence-electron chi connectivity index (χ0n) is 18.4. The quantitative estimate of drug-likeness (QED) is 0.419. The van der Waals surface area contributed by atoms with Crippen LogP contribution in [-0.4, -0.2) is 42.2 Å². The van der Waals surface area contributed by atoms with E-state index in [2.05, 4.69) is 44.8 Å². The number of morpholine rings is 1. The molecule has 1 amide bonds. The second-order valence-corrected chi connectivity index (χ2v) is 9.10. The predicted octanol–water partition coefficient (Wildman–Crippen LogP) is 5.20. The number of benzene rings is 2. The summed E-state index contributed by atoms with van der Waals surface area (Å²) < 4.78 is 5.44. The third-order valence-electron chi connectivity index (χ3n) is 6.11. The summed E-state index contributed by atoms with van der Waals surface area (Å²) in [5.74, 6) is -0.0832. The average Bonchev–Trinajstić information content (AvgIpc) is 3.50. The maximum Gasteiger partial charge on any atom is 0.256 e. The molecule has 7 heteroatoms. The monoisotopic (exact) mass is 466 g/mol. The maximum atomic E-state index is 12.8. The molecule has 0 atom stereocenters. The fraction of sp³-hybridized carbons (Fsp3) is 0.148. The molecule has 1 saturated heterocycles. The first-order chi connectivity index (χ1) is 16.7. The smallest absolute Gasteiger partial charge is 0.256 e. The summed E-state index contributed by atoms with van der Waals surface area (Å²) in [5.41, 5.74) is 7.50. The van der Waals surface area contributed by atoms with Crippen LogP contribution < -0.4 is 10.2 Å². The van der Waals surface area contributed by atoms with Crippen LogP contribution in [-0.2, 0) is 9.53 Å². The summed E-state index contributed by atoms with van der Waals surface area (Å²) in [6, 6.07) is 18.3. The first kappa shape index (κ1) is 20.8. The number of hydrogen-bond acceptors (Lipinski definition) is 6. The number of nitrogens with one attached hydrogen (secondary N) is 1. The molecular weight excluding hydrogens is 444 g/mol. The van der Waals surface area contributed by atoms with Gasteiger partial charge in [0, 0.05) is 64.5 Å². The van der Waals surface area contributed by atoms with Crippen molar-refractivity contribution in [2.24, 2.45) is 0 Å². The number of hydrogen-bond donors (Lipinski definition) is 1. The lowest BCUT2D eigenvalue weighted by Crippen LogP contribution is -2.36. The number of anilines is 2. The van der Waals surface area contributed by atoms with Crippen LogP contribution >= 0.6 is 11.3 Å². The number of aromatic nitrogens is 2. The lowest BCUT2D eigenvalue weighted by molar-refractivity contribution is -0.110. The van der Waals surface area contributed by atoms with Gasteiger partial charge in [-0.2, -0.15) is 0 Å². The Morgan fingerprint density at radius 2 is 1.76 bits per heavy atom. The van der Waals surface area contributed by atoms with E-state index in [4.69, 9.17) is 9.72 Å². The lowest BCUT2D eigenvalue weighted by atomic mass is 10.0. The zero-order chi connectivity index (χ0) is 22.9. The van der Waals surface area contributed by atoms with Crippen molar-refractivity contribution in [3.05, 3.63) is 83.5 Å². The van der Waals surface area contributed by atoms with E-state index < -0.39 is 0 Å². The molecule has 2 aromatic carbocycles. The van der Waals surface area contributed by atoms with E-state index in [1.165, 1.54) is 5.69 Å². The highest BCUT2D eigenvalue weighted by atomic mass is 32.1. The maximum absolute atomic E-state index is 12.8. The summed E-state index contributed by atoms with van der Waals surface area (Å²) in [6.45, 7) is 3.32. The average molecular weight is 467 g/mol. The van der Waals surface area contributed by atoms with E-state index >= 15 is 0 Å². The van der Waals surface area contributed by atoms with Gasteiger partial charge in [0.2, 0.25) is 0 Å². The Morgan fingerprint density at radius 3 is 2.56 bits per heavy atom. The van der Waals surface area contributed by atoms with Crippen LogP contribution in [0.3, 0.4) is 0 Å². The molecule has 6 nitrogen and oxygen atoms in total. The minimum Gasteiger partial charge on any atom is -0.378 e. The van der Waals surface area contributed by atoms with Crippen molar-refractivity contribution in [2.75, 3.05) is 36.5 Å². The van der Waals surface area contributed by atoms with E-state index in [0.717, 1.165) is 64.9 Å². The molecule has 0 saturated carbocycles. The van der Waals surface area contributed by atoms with Crippen molar-refractivity contribution in [1.82, 2.24) is 9.97 Å². The summed E-state index contributed by atoms with van der Waals surface area (Å²) >= 11 is 1.60. The van der Waals surface area contributed by atoms with E-state index in [1.54, 1.807) is 23.7 Å². The van der Waals surface area contributed by atoms with Gasteiger partial charge in [0.15, 0.2) is 0 Å². The van der Waals surface area contributed by atoms with Gasteiger partial charge >= 0.3 is 0 Å². The van der Waals surface area contributed by atoms with Crippen LogP contribution in [0.15, 0.2) is 72.4 Å². The van der Waals surface area contributed by atoms with Gasteiger partial charge in [0.1, 0.15) is 5.01 Å². The number of pyridine rings is 1. The highest BCUT2D eigenvalue weighted by Crippen LogP contribution is 2.37. The molecule has 2 aliphatic rings. The minimum atomic E-state index is -0.0832. The van der Waals surface area contributed by atoms with Crippen LogP contribution in [0.2, 0.25) is 0 Å². The fourth-order valence-corrected chi connectivity index (χ4v) is 5.13. The second kappa shape index (κ2) is 8.85. The molecular formula is C27H22N4O2S. The summed E-state index contributed by atoms with van der Waals surface area (Å²) in [7, 11) is 0. The fourth-order valence-electron chi connectivity index (χ4n) is 4.29. The van der Waals surface area contributed by atoms with E-state index in [9.17, 15) is 4.79 Å². The second-order valence-electron chi connectivity index (χ2n) is 8.24. The molecule has 2 aliphatic heterocycles. The van der Waals surface area contributed by atoms with Crippen LogP contribution in [0.5, 0.6) is 0 Å². The normalized spacial score (nSPS) is 16.5. The zero-order valence-corrected chi connectivity index (χ0v) is 19.2. The number of carbonyl (C=O) groups excluding carboxylic acids is 1. The van der Waals surface area contributed by atoms with Gasteiger partial charge in [-0.15, -0.1) is 11.3 Å². The third-order valence-corrected chi connectivity index (χ3v) is 7.00. The molecule has 4 aromatic rings. The Labute approximate surface area is 201 Å². The van der Waals surface area contributed by atoms with Gasteiger partial charge in [0.25, 0.3) is 5.91 Å². The minimum absolute atomic E-state index is 0.0832.